The second-order valence-electron chi connectivity index (χ2n) is 5.84. The van der Waals surface area contributed by atoms with Gasteiger partial charge in [-0.2, -0.15) is 0 Å². The molecule has 2 atom stereocenters. The molecule has 0 aliphatic heterocycles. The zero-order chi connectivity index (χ0) is 19.1. The third kappa shape index (κ3) is 4.50. The Bertz CT molecular complexity index is 770. The van der Waals surface area contributed by atoms with Crippen LogP contribution in [-0.4, -0.2) is 30.9 Å². The van der Waals surface area contributed by atoms with E-state index in [4.69, 9.17) is 9.15 Å². The number of benzene rings is 1. The molecular formula is C19H22N2O5. The van der Waals surface area contributed by atoms with Crippen LogP contribution in [0.4, 0.5) is 5.69 Å². The standard InChI is InChI=1S/C19H22N2O5/c1-4-12(2)16(19(24)25-3)21-17(22)13-8-5-6-9-14(13)20-18(23)15-10-7-11-26-15/h5-12,16H,4H2,1-3H3,(H,20,23)(H,21,22). The first-order valence-corrected chi connectivity index (χ1v) is 8.30. The van der Waals surface area contributed by atoms with E-state index in [2.05, 4.69) is 10.6 Å². The molecule has 2 aromatic rings. The van der Waals surface area contributed by atoms with Crippen LogP contribution in [0.3, 0.4) is 0 Å². The molecule has 0 saturated carbocycles. The normalized spacial score (nSPS) is 12.7. The molecule has 1 aromatic carbocycles. The van der Waals surface area contributed by atoms with E-state index in [0.717, 1.165) is 0 Å². The molecule has 26 heavy (non-hydrogen) atoms. The Morgan fingerprint density at radius 1 is 1.12 bits per heavy atom. The summed E-state index contributed by atoms with van der Waals surface area (Å²) in [4.78, 5) is 36.8. The summed E-state index contributed by atoms with van der Waals surface area (Å²) < 4.78 is 9.83. The van der Waals surface area contributed by atoms with Gasteiger partial charge in [0.25, 0.3) is 11.8 Å². The van der Waals surface area contributed by atoms with Gasteiger partial charge in [-0.05, 0) is 30.2 Å². The molecule has 1 aromatic heterocycles. The quantitative estimate of drug-likeness (QED) is 0.742. The summed E-state index contributed by atoms with van der Waals surface area (Å²) in [5, 5.41) is 5.34. The van der Waals surface area contributed by atoms with Gasteiger partial charge in [0.1, 0.15) is 6.04 Å². The van der Waals surface area contributed by atoms with Gasteiger partial charge in [-0.25, -0.2) is 4.79 Å². The van der Waals surface area contributed by atoms with Crippen LogP contribution in [-0.2, 0) is 9.53 Å². The van der Waals surface area contributed by atoms with Crippen LogP contribution in [0.2, 0.25) is 0 Å². The van der Waals surface area contributed by atoms with Crippen molar-refractivity contribution in [3.8, 4) is 0 Å². The van der Waals surface area contributed by atoms with Gasteiger partial charge >= 0.3 is 5.97 Å². The van der Waals surface area contributed by atoms with E-state index in [1.807, 2.05) is 13.8 Å². The van der Waals surface area contributed by atoms with Crippen molar-refractivity contribution >= 4 is 23.5 Å². The zero-order valence-electron chi connectivity index (χ0n) is 14.9. The lowest BCUT2D eigenvalue weighted by molar-refractivity contribution is -0.144. The summed E-state index contributed by atoms with van der Waals surface area (Å²) in [5.41, 5.74) is 0.559. The number of amides is 2. The van der Waals surface area contributed by atoms with Crippen molar-refractivity contribution in [2.24, 2.45) is 5.92 Å². The van der Waals surface area contributed by atoms with Crippen LogP contribution in [0.5, 0.6) is 0 Å². The Morgan fingerprint density at radius 2 is 1.85 bits per heavy atom. The molecular weight excluding hydrogens is 336 g/mol. The van der Waals surface area contributed by atoms with Gasteiger partial charge in [0.15, 0.2) is 5.76 Å². The van der Waals surface area contributed by atoms with Gasteiger partial charge in [0, 0.05) is 0 Å². The fourth-order valence-electron chi connectivity index (χ4n) is 2.40. The summed E-state index contributed by atoms with van der Waals surface area (Å²) in [6.07, 6.45) is 2.08. The first-order valence-electron chi connectivity index (χ1n) is 8.30. The van der Waals surface area contributed by atoms with Crippen molar-refractivity contribution < 1.29 is 23.5 Å². The Hall–Kier alpha value is -3.09. The molecule has 0 bridgehead atoms. The zero-order valence-corrected chi connectivity index (χ0v) is 14.9. The van der Waals surface area contributed by atoms with Gasteiger partial charge in [0.2, 0.25) is 0 Å². The maximum absolute atomic E-state index is 12.7. The van der Waals surface area contributed by atoms with E-state index in [1.54, 1.807) is 30.3 Å². The summed E-state index contributed by atoms with van der Waals surface area (Å²) in [6, 6.07) is 8.89. The number of hydrogen-bond acceptors (Lipinski definition) is 5. The minimum absolute atomic E-state index is 0.101. The van der Waals surface area contributed by atoms with E-state index in [0.29, 0.717) is 12.1 Å². The van der Waals surface area contributed by atoms with Gasteiger partial charge < -0.3 is 19.8 Å². The lowest BCUT2D eigenvalue weighted by atomic mass is 9.98. The highest BCUT2D eigenvalue weighted by Crippen LogP contribution is 2.18. The maximum Gasteiger partial charge on any atom is 0.328 e. The van der Waals surface area contributed by atoms with E-state index >= 15 is 0 Å². The Balaban J connectivity index is 2.20. The predicted octanol–water partition coefficient (Wildman–Crippen LogP) is 2.85. The van der Waals surface area contributed by atoms with E-state index in [9.17, 15) is 14.4 Å². The number of para-hydroxylation sites is 1. The largest absolute Gasteiger partial charge is 0.467 e. The van der Waals surface area contributed by atoms with Crippen LogP contribution >= 0.6 is 0 Å². The van der Waals surface area contributed by atoms with Crippen molar-refractivity contribution in [3.05, 3.63) is 54.0 Å². The fraction of sp³-hybridized carbons (Fsp3) is 0.316. The number of hydrogen-bond donors (Lipinski definition) is 2. The highest BCUT2D eigenvalue weighted by molar-refractivity contribution is 6.08. The van der Waals surface area contributed by atoms with Crippen LogP contribution in [0.25, 0.3) is 0 Å². The van der Waals surface area contributed by atoms with Crippen LogP contribution in [0.15, 0.2) is 47.1 Å². The van der Waals surface area contributed by atoms with Gasteiger partial charge in [-0.1, -0.05) is 32.4 Å². The number of rotatable bonds is 7. The number of methoxy groups -OCH3 is 1. The number of esters is 1. The second-order valence-corrected chi connectivity index (χ2v) is 5.84. The first kappa shape index (κ1) is 19.2. The molecule has 2 N–H and O–H groups in total. The fourth-order valence-corrected chi connectivity index (χ4v) is 2.40. The number of ether oxygens (including phenoxy) is 1. The molecule has 0 spiro atoms. The molecule has 138 valence electrons. The third-order valence-corrected chi connectivity index (χ3v) is 4.12. The smallest absolute Gasteiger partial charge is 0.328 e. The highest BCUT2D eigenvalue weighted by Gasteiger charge is 2.28. The lowest BCUT2D eigenvalue weighted by Gasteiger charge is -2.22. The lowest BCUT2D eigenvalue weighted by Crippen LogP contribution is -2.45. The monoisotopic (exact) mass is 358 g/mol. The van der Waals surface area contributed by atoms with Gasteiger partial charge in [-0.15, -0.1) is 0 Å². The Kier molecular flexibility index (Phi) is 6.54. The summed E-state index contributed by atoms with van der Waals surface area (Å²) >= 11 is 0. The molecule has 2 amide bonds. The van der Waals surface area contributed by atoms with Gasteiger partial charge in [-0.3, -0.25) is 9.59 Å². The minimum Gasteiger partial charge on any atom is -0.467 e. The molecule has 0 saturated heterocycles. The SMILES string of the molecule is CCC(C)C(NC(=O)c1ccccc1NC(=O)c1ccco1)C(=O)OC. The topological polar surface area (TPSA) is 97.6 Å². The predicted molar refractivity (Wildman–Crippen MR) is 95.8 cm³/mol. The molecule has 0 aliphatic rings. The molecule has 7 nitrogen and oxygen atoms in total. The van der Waals surface area contributed by atoms with Crippen molar-refractivity contribution in [1.29, 1.82) is 0 Å². The molecule has 2 rings (SSSR count). The molecule has 7 heteroatoms. The average molecular weight is 358 g/mol. The first-order chi connectivity index (χ1) is 12.5. The molecule has 1 heterocycles. The van der Waals surface area contributed by atoms with Crippen LogP contribution < -0.4 is 10.6 Å². The second kappa shape index (κ2) is 8.84. The number of carbonyl (C=O) groups excluding carboxylic acids is 3. The number of carbonyl (C=O) groups is 3. The molecule has 0 fully saturated rings. The number of furan rings is 1. The summed E-state index contributed by atoms with van der Waals surface area (Å²) in [5.74, 6) is -1.42. The van der Waals surface area contributed by atoms with E-state index < -0.39 is 23.8 Å². The average Bonchev–Trinajstić information content (AvgIpc) is 3.20. The Labute approximate surface area is 151 Å². The summed E-state index contributed by atoms with van der Waals surface area (Å²) in [6.45, 7) is 3.77. The van der Waals surface area contributed by atoms with Crippen LogP contribution in [0.1, 0.15) is 41.2 Å². The number of anilines is 1. The maximum atomic E-state index is 12.7. The van der Waals surface area contributed by atoms with Gasteiger partial charge in [0.05, 0.1) is 24.6 Å². The van der Waals surface area contributed by atoms with Crippen LogP contribution in [0, 0.1) is 5.92 Å². The highest BCUT2D eigenvalue weighted by atomic mass is 16.5. The molecule has 0 radical (unpaired) electrons. The third-order valence-electron chi connectivity index (χ3n) is 4.12. The number of nitrogens with one attached hydrogen (secondary N) is 2. The Morgan fingerprint density at radius 3 is 2.46 bits per heavy atom. The van der Waals surface area contributed by atoms with E-state index in [-0.39, 0.29) is 17.2 Å². The van der Waals surface area contributed by atoms with Crippen molar-refractivity contribution in [1.82, 2.24) is 5.32 Å². The van der Waals surface area contributed by atoms with E-state index in [1.165, 1.54) is 19.4 Å². The minimum atomic E-state index is -0.772. The van der Waals surface area contributed by atoms with Crippen molar-refractivity contribution in [2.75, 3.05) is 12.4 Å². The summed E-state index contributed by atoms with van der Waals surface area (Å²) in [7, 11) is 1.28. The molecule has 2 unspecified atom stereocenters. The molecule has 0 aliphatic carbocycles. The van der Waals surface area contributed by atoms with Crippen molar-refractivity contribution in [3.63, 3.8) is 0 Å². The van der Waals surface area contributed by atoms with Crippen molar-refractivity contribution in [2.45, 2.75) is 26.3 Å².